The monoisotopic (exact) mass is 308 g/mol. The third-order valence-electron chi connectivity index (χ3n) is 3.38. The van der Waals surface area contributed by atoms with Crippen molar-refractivity contribution in [3.63, 3.8) is 0 Å². The Labute approximate surface area is 134 Å². The Morgan fingerprint density at radius 1 is 1.00 bits per heavy atom. The second kappa shape index (κ2) is 6.87. The molecule has 0 saturated carbocycles. The SMILES string of the molecule is C=CCNc1nc(NCc2ccc(F)cc2)nc2ccccc12. The fourth-order valence-corrected chi connectivity index (χ4v) is 2.24. The molecule has 4 nitrogen and oxygen atoms in total. The van der Waals surface area contributed by atoms with E-state index in [0.29, 0.717) is 19.0 Å². The Hall–Kier alpha value is -2.95. The van der Waals surface area contributed by atoms with Gasteiger partial charge in [-0.05, 0) is 29.8 Å². The van der Waals surface area contributed by atoms with E-state index >= 15 is 0 Å². The van der Waals surface area contributed by atoms with Crippen LogP contribution in [0.5, 0.6) is 0 Å². The van der Waals surface area contributed by atoms with Gasteiger partial charge in [0.25, 0.3) is 0 Å². The molecular weight excluding hydrogens is 291 g/mol. The van der Waals surface area contributed by atoms with Gasteiger partial charge in [-0.2, -0.15) is 4.98 Å². The predicted octanol–water partition coefficient (Wildman–Crippen LogP) is 3.98. The standard InChI is InChI=1S/C18H17FN4/c1-2-11-20-17-15-5-3-4-6-16(15)22-18(23-17)21-12-13-7-9-14(19)10-8-13/h2-10H,1,11-12H2,(H2,20,21,22,23). The van der Waals surface area contributed by atoms with Crippen LogP contribution in [0.2, 0.25) is 0 Å². The fourth-order valence-electron chi connectivity index (χ4n) is 2.24. The highest BCUT2D eigenvalue weighted by molar-refractivity contribution is 5.90. The minimum Gasteiger partial charge on any atom is -0.366 e. The number of benzene rings is 2. The number of nitrogens with zero attached hydrogens (tertiary/aromatic N) is 2. The van der Waals surface area contributed by atoms with E-state index in [4.69, 9.17) is 0 Å². The van der Waals surface area contributed by atoms with Crippen molar-refractivity contribution in [3.05, 3.63) is 72.6 Å². The van der Waals surface area contributed by atoms with E-state index in [1.165, 1.54) is 12.1 Å². The average molecular weight is 308 g/mol. The summed E-state index contributed by atoms with van der Waals surface area (Å²) in [5.41, 5.74) is 1.82. The normalized spacial score (nSPS) is 10.5. The molecule has 116 valence electrons. The van der Waals surface area contributed by atoms with Crippen LogP contribution in [0, 0.1) is 5.82 Å². The summed E-state index contributed by atoms with van der Waals surface area (Å²) in [6.45, 7) is 4.86. The fraction of sp³-hybridized carbons (Fsp3) is 0.111. The van der Waals surface area contributed by atoms with Crippen LogP contribution in [0.1, 0.15) is 5.56 Å². The van der Waals surface area contributed by atoms with Gasteiger partial charge in [0.2, 0.25) is 5.95 Å². The van der Waals surface area contributed by atoms with Crippen LogP contribution in [-0.4, -0.2) is 16.5 Å². The Balaban J connectivity index is 1.85. The molecule has 1 heterocycles. The molecule has 3 rings (SSSR count). The molecule has 0 unspecified atom stereocenters. The van der Waals surface area contributed by atoms with E-state index in [-0.39, 0.29) is 5.82 Å². The first kappa shape index (κ1) is 15.0. The number of nitrogens with one attached hydrogen (secondary N) is 2. The lowest BCUT2D eigenvalue weighted by Gasteiger charge is -2.11. The number of fused-ring (bicyclic) bond motifs is 1. The molecule has 23 heavy (non-hydrogen) atoms. The van der Waals surface area contributed by atoms with Crippen molar-refractivity contribution in [3.8, 4) is 0 Å². The van der Waals surface area contributed by atoms with Crippen molar-refractivity contribution < 1.29 is 4.39 Å². The molecule has 3 aromatic rings. The van der Waals surface area contributed by atoms with Gasteiger partial charge in [-0.15, -0.1) is 6.58 Å². The lowest BCUT2D eigenvalue weighted by Crippen LogP contribution is -2.08. The van der Waals surface area contributed by atoms with Crippen LogP contribution >= 0.6 is 0 Å². The summed E-state index contributed by atoms with van der Waals surface area (Å²) in [4.78, 5) is 9.03. The van der Waals surface area contributed by atoms with Crippen LogP contribution in [-0.2, 0) is 6.54 Å². The molecule has 0 aliphatic rings. The van der Waals surface area contributed by atoms with Gasteiger partial charge in [0.1, 0.15) is 11.6 Å². The molecule has 0 aliphatic carbocycles. The topological polar surface area (TPSA) is 49.8 Å². The molecule has 0 aliphatic heterocycles. The Morgan fingerprint density at radius 3 is 2.57 bits per heavy atom. The molecule has 5 heteroatoms. The van der Waals surface area contributed by atoms with Crippen molar-refractivity contribution >= 4 is 22.7 Å². The molecule has 0 atom stereocenters. The van der Waals surface area contributed by atoms with Crippen molar-refractivity contribution in [2.24, 2.45) is 0 Å². The van der Waals surface area contributed by atoms with Gasteiger partial charge in [0.15, 0.2) is 0 Å². The van der Waals surface area contributed by atoms with Gasteiger partial charge in [-0.25, -0.2) is 9.37 Å². The van der Waals surface area contributed by atoms with Gasteiger partial charge in [0, 0.05) is 18.5 Å². The van der Waals surface area contributed by atoms with E-state index < -0.39 is 0 Å². The molecule has 0 radical (unpaired) electrons. The van der Waals surface area contributed by atoms with E-state index in [2.05, 4.69) is 27.2 Å². The van der Waals surface area contributed by atoms with Crippen molar-refractivity contribution in [2.75, 3.05) is 17.2 Å². The van der Waals surface area contributed by atoms with Gasteiger partial charge < -0.3 is 10.6 Å². The average Bonchev–Trinajstić information content (AvgIpc) is 2.59. The summed E-state index contributed by atoms with van der Waals surface area (Å²) in [7, 11) is 0. The van der Waals surface area contributed by atoms with E-state index in [0.717, 1.165) is 22.3 Å². The number of hydrogen-bond acceptors (Lipinski definition) is 4. The van der Waals surface area contributed by atoms with Crippen LogP contribution in [0.4, 0.5) is 16.2 Å². The van der Waals surface area contributed by atoms with Gasteiger partial charge in [-0.1, -0.05) is 30.3 Å². The predicted molar refractivity (Wildman–Crippen MR) is 92.0 cm³/mol. The number of rotatable bonds is 6. The zero-order valence-electron chi connectivity index (χ0n) is 12.6. The second-order valence-electron chi connectivity index (χ2n) is 5.06. The van der Waals surface area contributed by atoms with Crippen molar-refractivity contribution in [1.82, 2.24) is 9.97 Å². The third-order valence-corrected chi connectivity index (χ3v) is 3.38. The zero-order chi connectivity index (χ0) is 16.1. The van der Waals surface area contributed by atoms with E-state index in [9.17, 15) is 4.39 Å². The summed E-state index contributed by atoms with van der Waals surface area (Å²) in [5, 5.41) is 7.36. The van der Waals surface area contributed by atoms with Crippen LogP contribution in [0.15, 0.2) is 61.2 Å². The Morgan fingerprint density at radius 2 is 1.78 bits per heavy atom. The number of aromatic nitrogens is 2. The maximum Gasteiger partial charge on any atom is 0.225 e. The quantitative estimate of drug-likeness (QED) is 0.676. The lowest BCUT2D eigenvalue weighted by atomic mass is 10.2. The third kappa shape index (κ3) is 3.63. The number of para-hydroxylation sites is 1. The van der Waals surface area contributed by atoms with Gasteiger partial charge in [-0.3, -0.25) is 0 Å². The molecule has 0 fully saturated rings. The Kier molecular flexibility index (Phi) is 4.47. The smallest absolute Gasteiger partial charge is 0.225 e. The number of halogens is 1. The van der Waals surface area contributed by atoms with E-state index in [1.54, 1.807) is 18.2 Å². The first-order valence-corrected chi connectivity index (χ1v) is 7.36. The van der Waals surface area contributed by atoms with Gasteiger partial charge >= 0.3 is 0 Å². The second-order valence-corrected chi connectivity index (χ2v) is 5.06. The summed E-state index contributed by atoms with van der Waals surface area (Å²) in [6, 6.07) is 14.2. The zero-order valence-corrected chi connectivity index (χ0v) is 12.6. The van der Waals surface area contributed by atoms with Gasteiger partial charge in [0.05, 0.1) is 5.52 Å². The highest BCUT2D eigenvalue weighted by Crippen LogP contribution is 2.21. The minimum atomic E-state index is -0.244. The largest absolute Gasteiger partial charge is 0.366 e. The van der Waals surface area contributed by atoms with Crippen molar-refractivity contribution in [2.45, 2.75) is 6.54 Å². The maximum absolute atomic E-state index is 12.9. The first-order valence-electron chi connectivity index (χ1n) is 7.36. The number of hydrogen-bond donors (Lipinski definition) is 2. The summed E-state index contributed by atoms with van der Waals surface area (Å²) in [5.74, 6) is 1.04. The number of anilines is 2. The summed E-state index contributed by atoms with van der Waals surface area (Å²) >= 11 is 0. The summed E-state index contributed by atoms with van der Waals surface area (Å²) < 4.78 is 12.9. The van der Waals surface area contributed by atoms with Crippen LogP contribution in [0.3, 0.4) is 0 Å². The molecule has 0 saturated heterocycles. The molecule has 2 N–H and O–H groups in total. The lowest BCUT2D eigenvalue weighted by molar-refractivity contribution is 0.627. The summed E-state index contributed by atoms with van der Waals surface area (Å²) in [6.07, 6.45) is 1.78. The van der Waals surface area contributed by atoms with Crippen molar-refractivity contribution in [1.29, 1.82) is 0 Å². The highest BCUT2D eigenvalue weighted by atomic mass is 19.1. The van der Waals surface area contributed by atoms with Crippen LogP contribution in [0.25, 0.3) is 10.9 Å². The minimum absolute atomic E-state index is 0.244. The Bertz CT molecular complexity index is 815. The maximum atomic E-state index is 12.9. The molecule has 2 aromatic carbocycles. The molecule has 0 bridgehead atoms. The van der Waals surface area contributed by atoms with E-state index in [1.807, 2.05) is 24.3 Å². The molecule has 0 spiro atoms. The highest BCUT2D eigenvalue weighted by Gasteiger charge is 2.06. The van der Waals surface area contributed by atoms with Crippen LogP contribution < -0.4 is 10.6 Å². The molecule has 0 amide bonds. The first-order chi connectivity index (χ1) is 11.3. The molecular formula is C18H17FN4. The molecule has 1 aromatic heterocycles.